The van der Waals surface area contributed by atoms with Crippen molar-refractivity contribution in [1.82, 2.24) is 23.6 Å². The van der Waals surface area contributed by atoms with Gasteiger partial charge in [-0.25, -0.2) is 9.78 Å². The summed E-state index contributed by atoms with van der Waals surface area (Å²) in [5.74, 6) is 0. The quantitative estimate of drug-likeness (QED) is 0.668. The molecule has 0 fully saturated rings. The van der Waals surface area contributed by atoms with Crippen LogP contribution >= 0.6 is 0 Å². The van der Waals surface area contributed by atoms with E-state index in [1.807, 2.05) is 19.0 Å². The van der Waals surface area contributed by atoms with Gasteiger partial charge in [-0.15, -0.1) is 0 Å². The summed E-state index contributed by atoms with van der Waals surface area (Å²) >= 11 is 0. The molecule has 0 saturated carbocycles. The van der Waals surface area contributed by atoms with Crippen molar-refractivity contribution in [3.63, 3.8) is 0 Å². The Morgan fingerprint density at radius 3 is 2.53 bits per heavy atom. The van der Waals surface area contributed by atoms with Gasteiger partial charge >= 0.3 is 5.69 Å². The van der Waals surface area contributed by atoms with E-state index in [4.69, 9.17) is 0 Å². The van der Waals surface area contributed by atoms with Gasteiger partial charge in [0.25, 0.3) is 5.56 Å². The Morgan fingerprint density at radius 1 is 1.29 bits per heavy atom. The minimum Gasteiger partial charge on any atom is -0.300 e. The molecule has 2 aromatic rings. The van der Waals surface area contributed by atoms with Crippen LogP contribution in [0.5, 0.6) is 0 Å². The summed E-state index contributed by atoms with van der Waals surface area (Å²) in [6.45, 7) is 0.358. The third kappa shape index (κ3) is 1.68. The Morgan fingerprint density at radius 2 is 1.94 bits per heavy atom. The predicted octanol–water partition coefficient (Wildman–Crippen LogP) is -1.05. The van der Waals surface area contributed by atoms with Crippen LogP contribution in [0.4, 0.5) is 0 Å². The second-order valence-electron chi connectivity index (χ2n) is 4.32. The molecule has 0 N–H and O–H groups in total. The van der Waals surface area contributed by atoms with Gasteiger partial charge < -0.3 is 4.57 Å². The van der Waals surface area contributed by atoms with Crippen LogP contribution in [0.2, 0.25) is 0 Å². The van der Waals surface area contributed by atoms with Crippen LogP contribution in [-0.2, 0) is 20.8 Å². The smallest absolute Gasteiger partial charge is 0.300 e. The zero-order valence-corrected chi connectivity index (χ0v) is 10.3. The van der Waals surface area contributed by atoms with Gasteiger partial charge in [-0.3, -0.25) is 18.8 Å². The van der Waals surface area contributed by atoms with E-state index in [1.165, 1.54) is 20.0 Å². The number of rotatable bonds is 2. The average molecular weight is 237 g/mol. The zero-order chi connectivity index (χ0) is 12.7. The van der Waals surface area contributed by atoms with Crippen LogP contribution in [-0.4, -0.2) is 37.7 Å². The Bertz CT molecular complexity index is 676. The molecule has 2 rings (SSSR count). The van der Waals surface area contributed by atoms with E-state index >= 15 is 0 Å². The molecule has 0 spiro atoms. The maximum Gasteiger partial charge on any atom is 0.331 e. The molecule has 0 amide bonds. The lowest BCUT2D eigenvalue weighted by atomic mass is 10.5. The van der Waals surface area contributed by atoms with Crippen molar-refractivity contribution >= 4 is 11.2 Å². The van der Waals surface area contributed by atoms with Gasteiger partial charge in [-0.05, 0) is 14.1 Å². The minimum absolute atomic E-state index is 0.213. The molecule has 17 heavy (non-hydrogen) atoms. The van der Waals surface area contributed by atoms with Gasteiger partial charge in [0.15, 0.2) is 11.2 Å². The molecule has 0 aliphatic rings. The minimum atomic E-state index is -0.232. The summed E-state index contributed by atoms with van der Waals surface area (Å²) in [4.78, 5) is 30.0. The molecule has 0 bridgehead atoms. The molecule has 2 aromatic heterocycles. The first kappa shape index (κ1) is 11.6. The third-order valence-corrected chi connectivity index (χ3v) is 2.62. The van der Waals surface area contributed by atoms with E-state index in [-0.39, 0.29) is 11.2 Å². The fourth-order valence-electron chi connectivity index (χ4n) is 1.78. The Labute approximate surface area is 97.5 Å². The summed E-state index contributed by atoms with van der Waals surface area (Å²) in [5.41, 5.74) is 0.315. The number of hydrogen-bond acceptors (Lipinski definition) is 4. The van der Waals surface area contributed by atoms with Crippen molar-refractivity contribution in [3.05, 3.63) is 27.2 Å². The van der Waals surface area contributed by atoms with E-state index in [9.17, 15) is 9.59 Å². The summed E-state index contributed by atoms with van der Waals surface area (Å²) in [5, 5.41) is 0. The Kier molecular flexibility index (Phi) is 2.62. The molecular weight excluding hydrogens is 222 g/mol. The fraction of sp³-hybridized carbons (Fsp3) is 0.500. The predicted molar refractivity (Wildman–Crippen MR) is 63.9 cm³/mol. The Hall–Kier alpha value is -1.89. The molecule has 7 nitrogen and oxygen atoms in total. The van der Waals surface area contributed by atoms with Crippen LogP contribution < -0.4 is 11.2 Å². The molecule has 92 valence electrons. The van der Waals surface area contributed by atoms with Crippen LogP contribution in [0.15, 0.2) is 15.9 Å². The van der Waals surface area contributed by atoms with Crippen molar-refractivity contribution in [2.45, 2.75) is 6.67 Å². The molecule has 0 aliphatic carbocycles. The standard InChI is InChI=1S/C10H15N5O2/c1-12(2)6-15-7-8(14(4)10(15)17)11-5-13(3)9(7)16/h5H,6H2,1-4H3. The molecule has 0 unspecified atom stereocenters. The SMILES string of the molecule is CN(C)Cn1c(=O)n(C)c2ncn(C)c(=O)c21. The lowest BCUT2D eigenvalue weighted by molar-refractivity contribution is 0.324. The van der Waals surface area contributed by atoms with E-state index in [1.54, 1.807) is 14.1 Å². The molecule has 0 radical (unpaired) electrons. The average Bonchev–Trinajstić information content (AvgIpc) is 2.49. The van der Waals surface area contributed by atoms with Crippen molar-refractivity contribution < 1.29 is 0 Å². The van der Waals surface area contributed by atoms with Crippen LogP contribution in [0.3, 0.4) is 0 Å². The van der Waals surface area contributed by atoms with Crippen molar-refractivity contribution in [2.75, 3.05) is 14.1 Å². The van der Waals surface area contributed by atoms with Gasteiger partial charge in [0.2, 0.25) is 0 Å². The van der Waals surface area contributed by atoms with Crippen LogP contribution in [0.1, 0.15) is 0 Å². The van der Waals surface area contributed by atoms with Gasteiger partial charge in [0.05, 0.1) is 13.0 Å². The monoisotopic (exact) mass is 237 g/mol. The van der Waals surface area contributed by atoms with Gasteiger partial charge in [-0.2, -0.15) is 0 Å². The number of aromatic nitrogens is 4. The molecule has 0 aromatic carbocycles. The molecule has 0 aliphatic heterocycles. The lowest BCUT2D eigenvalue weighted by Gasteiger charge is -2.09. The highest BCUT2D eigenvalue weighted by molar-refractivity contribution is 5.69. The molecule has 0 atom stereocenters. The summed E-state index contributed by atoms with van der Waals surface area (Å²) in [6, 6.07) is 0. The van der Waals surface area contributed by atoms with Crippen LogP contribution in [0, 0.1) is 0 Å². The highest BCUT2D eigenvalue weighted by Gasteiger charge is 2.15. The second kappa shape index (κ2) is 3.85. The summed E-state index contributed by atoms with van der Waals surface area (Å²) in [6.07, 6.45) is 1.42. The van der Waals surface area contributed by atoms with Crippen molar-refractivity contribution in [3.8, 4) is 0 Å². The molecule has 2 heterocycles. The van der Waals surface area contributed by atoms with Gasteiger partial charge in [-0.1, -0.05) is 0 Å². The third-order valence-electron chi connectivity index (χ3n) is 2.62. The number of imidazole rings is 1. The van der Waals surface area contributed by atoms with Gasteiger partial charge in [0.1, 0.15) is 0 Å². The Balaban J connectivity index is 2.91. The zero-order valence-electron chi connectivity index (χ0n) is 10.3. The molecule has 7 heteroatoms. The second-order valence-corrected chi connectivity index (χ2v) is 4.32. The van der Waals surface area contributed by atoms with E-state index in [0.29, 0.717) is 17.8 Å². The summed E-state index contributed by atoms with van der Waals surface area (Å²) < 4.78 is 4.19. The topological polar surface area (TPSA) is 65.1 Å². The van der Waals surface area contributed by atoms with E-state index < -0.39 is 0 Å². The number of aryl methyl sites for hydroxylation is 2. The van der Waals surface area contributed by atoms with Crippen molar-refractivity contribution in [1.29, 1.82) is 0 Å². The van der Waals surface area contributed by atoms with E-state index in [0.717, 1.165) is 0 Å². The van der Waals surface area contributed by atoms with Gasteiger partial charge in [0, 0.05) is 14.1 Å². The summed E-state index contributed by atoms with van der Waals surface area (Å²) in [7, 11) is 6.91. The van der Waals surface area contributed by atoms with Crippen molar-refractivity contribution in [2.24, 2.45) is 14.1 Å². The molecular formula is C10H15N5O2. The number of fused-ring (bicyclic) bond motifs is 1. The first-order valence-electron chi connectivity index (χ1n) is 5.19. The highest BCUT2D eigenvalue weighted by atomic mass is 16.2. The lowest BCUT2D eigenvalue weighted by Crippen LogP contribution is -2.30. The fourth-order valence-corrected chi connectivity index (χ4v) is 1.78. The maximum absolute atomic E-state index is 12.0. The normalized spacial score (nSPS) is 11.6. The van der Waals surface area contributed by atoms with E-state index in [2.05, 4.69) is 4.98 Å². The largest absolute Gasteiger partial charge is 0.331 e. The highest BCUT2D eigenvalue weighted by Crippen LogP contribution is 2.03. The first-order valence-corrected chi connectivity index (χ1v) is 5.19. The molecule has 0 saturated heterocycles. The first-order chi connectivity index (χ1) is 7.93. The van der Waals surface area contributed by atoms with Crippen LogP contribution in [0.25, 0.3) is 11.2 Å². The maximum atomic E-state index is 12.0. The number of hydrogen-bond donors (Lipinski definition) is 0. The number of nitrogens with zero attached hydrogens (tertiary/aromatic N) is 5.